The summed E-state index contributed by atoms with van der Waals surface area (Å²) in [5.41, 5.74) is 2.02. The Bertz CT molecular complexity index is 1290. The SMILES string of the molecule is COCCCN(CC(=O)Nc1cc(C(C)(C)C)nn1-c1ccccc1Cl)C(=O)Nc1cccc(C#N)c1. The van der Waals surface area contributed by atoms with Crippen LogP contribution in [0.5, 0.6) is 0 Å². The number of anilines is 2. The van der Waals surface area contributed by atoms with Crippen LogP contribution in [0, 0.1) is 11.3 Å². The smallest absolute Gasteiger partial charge is 0.322 e. The number of carbonyl (C=O) groups excluding carboxylic acids is 2. The number of halogens is 1. The second-order valence-corrected chi connectivity index (χ2v) is 9.87. The maximum atomic E-state index is 13.2. The Labute approximate surface area is 222 Å². The van der Waals surface area contributed by atoms with Gasteiger partial charge in [0.15, 0.2) is 0 Å². The number of hydrogen-bond donors (Lipinski definition) is 2. The number of benzene rings is 2. The third-order valence-corrected chi connectivity index (χ3v) is 5.79. The highest BCUT2D eigenvalue weighted by molar-refractivity contribution is 6.32. The van der Waals surface area contributed by atoms with Crippen molar-refractivity contribution in [2.75, 3.05) is 37.4 Å². The Kier molecular flexibility index (Phi) is 9.28. The molecule has 2 N–H and O–H groups in total. The molecule has 3 aromatic rings. The van der Waals surface area contributed by atoms with Gasteiger partial charge in [-0.2, -0.15) is 10.4 Å². The largest absolute Gasteiger partial charge is 0.385 e. The van der Waals surface area contributed by atoms with E-state index in [4.69, 9.17) is 26.7 Å². The normalized spacial score (nSPS) is 11.0. The maximum absolute atomic E-state index is 13.2. The van der Waals surface area contributed by atoms with E-state index in [-0.39, 0.29) is 12.0 Å². The standard InChI is InChI=1S/C27H31ClN6O3/c1-27(2,3)23-16-24(34(32-23)22-12-6-5-11-21(22)28)31-25(35)18-33(13-8-14-37-4)26(36)30-20-10-7-9-19(15-20)17-29/h5-7,9-12,15-16H,8,13-14,18H2,1-4H3,(H,30,36)(H,31,35). The first kappa shape index (κ1) is 27.7. The van der Waals surface area contributed by atoms with E-state index in [0.717, 1.165) is 5.69 Å². The molecule has 0 aliphatic heterocycles. The number of para-hydroxylation sites is 1. The highest BCUT2D eigenvalue weighted by atomic mass is 35.5. The molecule has 0 spiro atoms. The summed E-state index contributed by atoms with van der Waals surface area (Å²) < 4.78 is 6.71. The van der Waals surface area contributed by atoms with Gasteiger partial charge in [-0.1, -0.05) is 50.6 Å². The maximum Gasteiger partial charge on any atom is 0.322 e. The van der Waals surface area contributed by atoms with Crippen LogP contribution in [0.25, 0.3) is 5.69 Å². The van der Waals surface area contributed by atoms with Crippen molar-refractivity contribution in [1.82, 2.24) is 14.7 Å². The third kappa shape index (κ3) is 7.56. The molecule has 0 fully saturated rings. The molecule has 0 bridgehead atoms. The predicted octanol–water partition coefficient (Wildman–Crippen LogP) is 5.20. The average Bonchev–Trinajstić information content (AvgIpc) is 3.28. The zero-order chi connectivity index (χ0) is 27.0. The summed E-state index contributed by atoms with van der Waals surface area (Å²) in [6.45, 7) is 6.61. The zero-order valence-electron chi connectivity index (χ0n) is 21.4. The minimum atomic E-state index is -0.462. The van der Waals surface area contributed by atoms with E-state index in [0.29, 0.717) is 47.4 Å². The summed E-state index contributed by atoms with van der Waals surface area (Å²) in [5, 5.41) is 20.0. The van der Waals surface area contributed by atoms with Crippen LogP contribution in [-0.4, -0.2) is 53.4 Å². The molecule has 3 rings (SSSR count). The summed E-state index contributed by atoms with van der Waals surface area (Å²) in [5.74, 6) is 0.0500. The van der Waals surface area contributed by atoms with Gasteiger partial charge < -0.3 is 20.3 Å². The van der Waals surface area contributed by atoms with Gasteiger partial charge in [0, 0.05) is 37.4 Å². The predicted molar refractivity (Wildman–Crippen MR) is 144 cm³/mol. The Morgan fingerprint density at radius 1 is 1.14 bits per heavy atom. The number of nitriles is 1. The fourth-order valence-electron chi connectivity index (χ4n) is 3.52. The number of aromatic nitrogens is 2. The molecule has 194 valence electrons. The van der Waals surface area contributed by atoms with E-state index in [1.807, 2.05) is 51.1 Å². The summed E-state index contributed by atoms with van der Waals surface area (Å²) in [6.07, 6.45) is 0.543. The number of ether oxygens (including phenoxy) is 1. The van der Waals surface area contributed by atoms with Gasteiger partial charge in [0.1, 0.15) is 12.4 Å². The molecule has 0 aliphatic carbocycles. The van der Waals surface area contributed by atoms with Gasteiger partial charge in [0.2, 0.25) is 5.91 Å². The first-order valence-corrected chi connectivity index (χ1v) is 12.2. The average molecular weight is 523 g/mol. The number of nitrogens with one attached hydrogen (secondary N) is 2. The first-order chi connectivity index (χ1) is 17.6. The minimum absolute atomic E-state index is 0.202. The molecule has 9 nitrogen and oxygen atoms in total. The van der Waals surface area contributed by atoms with E-state index < -0.39 is 11.9 Å². The Morgan fingerprint density at radius 3 is 2.57 bits per heavy atom. The van der Waals surface area contributed by atoms with Crippen molar-refractivity contribution in [3.63, 3.8) is 0 Å². The van der Waals surface area contributed by atoms with Crippen LogP contribution in [0.3, 0.4) is 0 Å². The first-order valence-electron chi connectivity index (χ1n) is 11.8. The molecule has 0 unspecified atom stereocenters. The monoisotopic (exact) mass is 522 g/mol. The van der Waals surface area contributed by atoms with E-state index in [2.05, 4.69) is 10.6 Å². The van der Waals surface area contributed by atoms with Gasteiger partial charge in [-0.05, 0) is 36.8 Å². The van der Waals surface area contributed by atoms with E-state index in [1.165, 1.54) is 4.90 Å². The summed E-state index contributed by atoms with van der Waals surface area (Å²) >= 11 is 6.42. The molecule has 0 saturated heterocycles. The molecular weight excluding hydrogens is 492 g/mol. The number of carbonyl (C=O) groups is 2. The van der Waals surface area contributed by atoms with Crippen LogP contribution < -0.4 is 10.6 Å². The summed E-state index contributed by atoms with van der Waals surface area (Å²) in [7, 11) is 1.58. The van der Waals surface area contributed by atoms with Crippen molar-refractivity contribution in [2.45, 2.75) is 32.6 Å². The molecule has 10 heteroatoms. The molecule has 0 saturated carbocycles. The van der Waals surface area contributed by atoms with Crippen LogP contribution in [-0.2, 0) is 14.9 Å². The van der Waals surface area contributed by atoms with Crippen LogP contribution in [0.15, 0.2) is 54.6 Å². The lowest BCUT2D eigenvalue weighted by molar-refractivity contribution is -0.116. The van der Waals surface area contributed by atoms with Crippen LogP contribution in [0.2, 0.25) is 5.02 Å². The van der Waals surface area contributed by atoms with E-state index in [1.54, 1.807) is 42.1 Å². The second kappa shape index (κ2) is 12.4. The number of rotatable bonds is 9. The van der Waals surface area contributed by atoms with E-state index in [9.17, 15) is 9.59 Å². The molecule has 1 aromatic heterocycles. The fourth-order valence-corrected chi connectivity index (χ4v) is 3.74. The number of nitrogens with zero attached hydrogens (tertiary/aromatic N) is 4. The second-order valence-electron chi connectivity index (χ2n) is 9.47. The van der Waals surface area contributed by atoms with Gasteiger partial charge >= 0.3 is 6.03 Å². The van der Waals surface area contributed by atoms with Gasteiger partial charge in [0.25, 0.3) is 0 Å². The number of hydrogen-bond acceptors (Lipinski definition) is 5. The molecule has 37 heavy (non-hydrogen) atoms. The summed E-state index contributed by atoms with van der Waals surface area (Å²) in [4.78, 5) is 27.6. The molecule has 0 atom stereocenters. The highest BCUT2D eigenvalue weighted by Crippen LogP contribution is 2.29. The zero-order valence-corrected chi connectivity index (χ0v) is 22.2. The lowest BCUT2D eigenvalue weighted by Crippen LogP contribution is -2.41. The molecule has 0 aliphatic rings. The summed E-state index contributed by atoms with van der Waals surface area (Å²) in [6, 6.07) is 17.2. The Balaban J connectivity index is 1.82. The number of methoxy groups -OCH3 is 1. The van der Waals surface area contributed by atoms with Crippen molar-refractivity contribution in [1.29, 1.82) is 5.26 Å². The Hall–Kier alpha value is -3.87. The third-order valence-electron chi connectivity index (χ3n) is 5.47. The lowest BCUT2D eigenvalue weighted by Gasteiger charge is -2.23. The van der Waals surface area contributed by atoms with Crippen LogP contribution >= 0.6 is 11.6 Å². The molecule has 3 amide bonds. The van der Waals surface area contributed by atoms with Gasteiger partial charge in [-0.25, -0.2) is 9.48 Å². The highest BCUT2D eigenvalue weighted by Gasteiger charge is 2.24. The van der Waals surface area contributed by atoms with Crippen LogP contribution in [0.1, 0.15) is 38.4 Å². The number of amides is 3. The van der Waals surface area contributed by atoms with Gasteiger partial charge in [-0.15, -0.1) is 0 Å². The topological polar surface area (TPSA) is 112 Å². The van der Waals surface area contributed by atoms with Crippen molar-refractivity contribution in [2.24, 2.45) is 0 Å². The molecule has 2 aromatic carbocycles. The quantitative estimate of drug-likeness (QED) is 0.375. The van der Waals surface area contributed by atoms with Gasteiger partial charge in [-0.3, -0.25) is 4.79 Å². The van der Waals surface area contributed by atoms with Crippen molar-refractivity contribution in [3.8, 4) is 11.8 Å². The molecule has 0 radical (unpaired) electrons. The fraction of sp³-hybridized carbons (Fsp3) is 0.333. The van der Waals surface area contributed by atoms with Crippen molar-refractivity contribution >= 4 is 35.0 Å². The molecule has 1 heterocycles. The molecular formula is C27H31ClN6O3. The number of urea groups is 1. The van der Waals surface area contributed by atoms with Gasteiger partial charge in [0.05, 0.1) is 28.0 Å². The van der Waals surface area contributed by atoms with E-state index >= 15 is 0 Å². The minimum Gasteiger partial charge on any atom is -0.385 e. The van der Waals surface area contributed by atoms with Crippen LogP contribution in [0.4, 0.5) is 16.3 Å². The Morgan fingerprint density at radius 2 is 1.89 bits per heavy atom. The van der Waals surface area contributed by atoms with Crippen molar-refractivity contribution < 1.29 is 14.3 Å². The van der Waals surface area contributed by atoms with Crippen molar-refractivity contribution in [3.05, 3.63) is 70.9 Å². The lowest BCUT2D eigenvalue weighted by atomic mass is 9.92.